The normalized spacial score (nSPS) is 12.4. The van der Waals surface area contributed by atoms with E-state index in [2.05, 4.69) is 10.6 Å². The van der Waals surface area contributed by atoms with Crippen LogP contribution in [0.25, 0.3) is 0 Å². The maximum atomic E-state index is 10.6. The Morgan fingerprint density at radius 3 is 2.52 bits per heavy atom. The molecule has 0 heterocycles. The molecule has 0 fully saturated rings. The molecule has 146 valence electrons. The van der Waals surface area contributed by atoms with E-state index in [4.69, 9.17) is 5.11 Å². The molecular formula is C21H28N2O4. The van der Waals surface area contributed by atoms with Gasteiger partial charge in [0.05, 0.1) is 11.3 Å². The summed E-state index contributed by atoms with van der Waals surface area (Å²) in [6, 6.07) is 13.0. The summed E-state index contributed by atoms with van der Waals surface area (Å²) < 4.78 is 0. The molecule has 0 aromatic heterocycles. The fourth-order valence-electron chi connectivity index (χ4n) is 2.81. The number of aryl methyl sites for hydroxylation is 1. The molecule has 2 rings (SSSR count). The molecule has 0 aliphatic rings. The maximum absolute atomic E-state index is 10.6. The number of carbonyl (C=O) groups is 1. The Balaban J connectivity index is 1.95. The number of rotatable bonds is 8. The number of hydrogen-bond acceptors (Lipinski definition) is 4. The molecule has 5 N–H and O–H groups in total. The van der Waals surface area contributed by atoms with Crippen LogP contribution in [-0.4, -0.2) is 27.5 Å². The fourth-order valence-corrected chi connectivity index (χ4v) is 2.81. The number of amides is 1. The van der Waals surface area contributed by atoms with Crippen molar-refractivity contribution in [2.45, 2.75) is 51.8 Å². The fraction of sp³-hybridized carbons (Fsp3) is 0.381. The van der Waals surface area contributed by atoms with Crippen LogP contribution in [-0.2, 0) is 18.6 Å². The Morgan fingerprint density at radius 1 is 1.15 bits per heavy atom. The lowest BCUT2D eigenvalue weighted by molar-refractivity contribution is 0.0785. The van der Waals surface area contributed by atoms with E-state index in [1.54, 1.807) is 19.9 Å². The number of benzene rings is 2. The number of carboxylic acid groups (broad SMARTS) is 1. The summed E-state index contributed by atoms with van der Waals surface area (Å²) in [5.41, 5.74) is 2.52. The molecule has 1 amide bonds. The van der Waals surface area contributed by atoms with Crippen LogP contribution in [0.5, 0.6) is 5.75 Å². The van der Waals surface area contributed by atoms with Gasteiger partial charge in [-0.1, -0.05) is 30.3 Å². The molecule has 6 heteroatoms. The zero-order chi connectivity index (χ0) is 20.0. The Labute approximate surface area is 159 Å². The summed E-state index contributed by atoms with van der Waals surface area (Å²) in [6.45, 7) is 5.83. The molecular weight excluding hydrogens is 344 g/mol. The Hall–Kier alpha value is -2.73. The van der Waals surface area contributed by atoms with Crippen LogP contribution >= 0.6 is 0 Å². The second-order valence-electron chi connectivity index (χ2n) is 7.35. The highest BCUT2D eigenvalue weighted by atomic mass is 16.4. The van der Waals surface area contributed by atoms with Crippen molar-refractivity contribution in [1.29, 1.82) is 0 Å². The predicted molar refractivity (Wildman–Crippen MR) is 106 cm³/mol. The van der Waals surface area contributed by atoms with Crippen LogP contribution in [0, 0.1) is 0 Å². The van der Waals surface area contributed by atoms with Crippen molar-refractivity contribution < 1.29 is 20.1 Å². The highest BCUT2D eigenvalue weighted by Gasteiger charge is 2.15. The number of phenols is 1. The van der Waals surface area contributed by atoms with Crippen LogP contribution in [0.3, 0.4) is 0 Å². The summed E-state index contributed by atoms with van der Waals surface area (Å²) in [6.07, 6.45) is 0.295. The molecule has 0 saturated heterocycles. The Kier molecular flexibility index (Phi) is 6.69. The molecule has 0 aliphatic heterocycles. The van der Waals surface area contributed by atoms with Crippen molar-refractivity contribution >= 4 is 11.8 Å². The first kappa shape index (κ1) is 20.6. The molecule has 0 radical (unpaired) electrons. The van der Waals surface area contributed by atoms with Gasteiger partial charge < -0.3 is 26.0 Å². The summed E-state index contributed by atoms with van der Waals surface area (Å²) in [7, 11) is 0. The minimum absolute atomic E-state index is 0.148. The number of hydrogen-bond donors (Lipinski definition) is 5. The summed E-state index contributed by atoms with van der Waals surface area (Å²) >= 11 is 0. The molecule has 0 aliphatic carbocycles. The molecule has 1 atom stereocenters. The highest BCUT2D eigenvalue weighted by Crippen LogP contribution is 2.26. The minimum atomic E-state index is -1.03. The third kappa shape index (κ3) is 6.49. The Morgan fingerprint density at radius 2 is 1.89 bits per heavy atom. The van der Waals surface area contributed by atoms with Crippen LogP contribution in [0.2, 0.25) is 0 Å². The van der Waals surface area contributed by atoms with Crippen LogP contribution in [0.15, 0.2) is 42.5 Å². The van der Waals surface area contributed by atoms with E-state index in [1.165, 1.54) is 0 Å². The average molecular weight is 372 g/mol. The van der Waals surface area contributed by atoms with Crippen molar-refractivity contribution in [3.63, 3.8) is 0 Å². The number of aliphatic hydroxyl groups is 1. The number of anilines is 1. The van der Waals surface area contributed by atoms with E-state index in [9.17, 15) is 15.0 Å². The third-order valence-electron chi connectivity index (χ3n) is 4.41. The SMILES string of the molecule is C[C@@H](CCc1ccc(NCc2cccc(C(C)(C)O)c2)c(O)c1)NC(=O)O. The lowest BCUT2D eigenvalue weighted by Gasteiger charge is -2.19. The maximum Gasteiger partial charge on any atom is 0.404 e. The van der Waals surface area contributed by atoms with Gasteiger partial charge in [0.25, 0.3) is 0 Å². The molecule has 0 bridgehead atoms. The first-order valence-electron chi connectivity index (χ1n) is 9.02. The smallest absolute Gasteiger partial charge is 0.404 e. The summed E-state index contributed by atoms with van der Waals surface area (Å²) in [5.74, 6) is 0.157. The molecule has 2 aromatic carbocycles. The van der Waals surface area contributed by atoms with E-state index < -0.39 is 11.7 Å². The lowest BCUT2D eigenvalue weighted by atomic mass is 9.96. The van der Waals surface area contributed by atoms with E-state index in [0.29, 0.717) is 25.1 Å². The standard InChI is InChI=1S/C21H28N2O4/c1-14(23-20(25)26)7-8-15-9-10-18(19(24)12-15)22-13-16-5-4-6-17(11-16)21(2,3)27/h4-6,9-12,14,22-24,27H,7-8,13H2,1-3H3,(H,25,26)/t14-/m0/s1. The second-order valence-corrected chi connectivity index (χ2v) is 7.35. The van der Waals surface area contributed by atoms with Gasteiger partial charge in [0.1, 0.15) is 5.75 Å². The highest BCUT2D eigenvalue weighted by molar-refractivity contribution is 5.64. The number of phenolic OH excluding ortho intramolecular Hbond substituents is 1. The van der Waals surface area contributed by atoms with E-state index in [0.717, 1.165) is 16.7 Å². The molecule has 6 nitrogen and oxygen atoms in total. The van der Waals surface area contributed by atoms with Crippen molar-refractivity contribution in [3.05, 3.63) is 59.2 Å². The lowest BCUT2D eigenvalue weighted by Crippen LogP contribution is -2.31. The van der Waals surface area contributed by atoms with Gasteiger partial charge in [-0.15, -0.1) is 0 Å². The van der Waals surface area contributed by atoms with Crippen molar-refractivity contribution in [3.8, 4) is 5.75 Å². The Bertz CT molecular complexity index is 784. The average Bonchev–Trinajstić information content (AvgIpc) is 2.58. The van der Waals surface area contributed by atoms with Gasteiger partial charge in [-0.25, -0.2) is 4.79 Å². The van der Waals surface area contributed by atoms with Crippen LogP contribution in [0.1, 0.15) is 43.9 Å². The van der Waals surface area contributed by atoms with Gasteiger partial charge in [-0.2, -0.15) is 0 Å². The topological polar surface area (TPSA) is 102 Å². The van der Waals surface area contributed by atoms with Gasteiger partial charge in [0, 0.05) is 12.6 Å². The van der Waals surface area contributed by atoms with Crippen molar-refractivity contribution in [2.75, 3.05) is 5.32 Å². The molecule has 27 heavy (non-hydrogen) atoms. The first-order chi connectivity index (χ1) is 12.6. The zero-order valence-corrected chi connectivity index (χ0v) is 16.0. The molecule has 0 saturated carbocycles. The monoisotopic (exact) mass is 372 g/mol. The second kappa shape index (κ2) is 8.77. The first-order valence-corrected chi connectivity index (χ1v) is 9.02. The zero-order valence-electron chi connectivity index (χ0n) is 16.0. The van der Waals surface area contributed by atoms with Gasteiger partial charge in [-0.3, -0.25) is 0 Å². The largest absolute Gasteiger partial charge is 0.506 e. The number of aromatic hydroxyl groups is 1. The quantitative estimate of drug-likeness (QED) is 0.454. The van der Waals surface area contributed by atoms with E-state index in [1.807, 2.05) is 43.3 Å². The molecule has 2 aromatic rings. The number of nitrogens with one attached hydrogen (secondary N) is 2. The molecule has 0 spiro atoms. The van der Waals surface area contributed by atoms with Crippen LogP contribution < -0.4 is 10.6 Å². The van der Waals surface area contributed by atoms with Gasteiger partial charge in [0.2, 0.25) is 0 Å². The summed E-state index contributed by atoms with van der Waals surface area (Å²) in [4.78, 5) is 10.6. The van der Waals surface area contributed by atoms with Gasteiger partial charge >= 0.3 is 6.09 Å². The minimum Gasteiger partial charge on any atom is -0.506 e. The van der Waals surface area contributed by atoms with Gasteiger partial charge in [0.15, 0.2) is 0 Å². The molecule has 0 unspecified atom stereocenters. The van der Waals surface area contributed by atoms with Crippen molar-refractivity contribution in [1.82, 2.24) is 5.32 Å². The van der Waals surface area contributed by atoms with Gasteiger partial charge in [-0.05, 0) is 62.4 Å². The van der Waals surface area contributed by atoms with E-state index in [-0.39, 0.29) is 11.8 Å². The third-order valence-corrected chi connectivity index (χ3v) is 4.41. The van der Waals surface area contributed by atoms with Crippen molar-refractivity contribution in [2.24, 2.45) is 0 Å². The summed E-state index contributed by atoms with van der Waals surface area (Å²) in [5, 5.41) is 34.7. The van der Waals surface area contributed by atoms with Crippen LogP contribution in [0.4, 0.5) is 10.5 Å². The van der Waals surface area contributed by atoms with E-state index >= 15 is 0 Å². The predicted octanol–water partition coefficient (Wildman–Crippen LogP) is 3.82.